The lowest BCUT2D eigenvalue weighted by Gasteiger charge is -2.08. The Bertz CT molecular complexity index is 532. The second-order valence-electron chi connectivity index (χ2n) is 5.78. The summed E-state index contributed by atoms with van der Waals surface area (Å²) in [7, 11) is 0. The minimum Gasteiger partial charge on any atom is -0.487 e. The van der Waals surface area contributed by atoms with Crippen LogP contribution < -0.4 is 10.1 Å². The third-order valence-corrected chi connectivity index (χ3v) is 3.18. The van der Waals surface area contributed by atoms with E-state index in [1.54, 1.807) is 0 Å². The van der Waals surface area contributed by atoms with Crippen molar-refractivity contribution < 1.29 is 4.74 Å². The monoisotopic (exact) mass is 284 g/mol. The van der Waals surface area contributed by atoms with Crippen LogP contribution in [0.15, 0.2) is 42.6 Å². The van der Waals surface area contributed by atoms with E-state index in [9.17, 15) is 0 Å². The number of pyridine rings is 1. The first-order valence-corrected chi connectivity index (χ1v) is 7.47. The molecular weight excluding hydrogens is 260 g/mol. The van der Waals surface area contributed by atoms with Gasteiger partial charge in [-0.05, 0) is 43.1 Å². The zero-order valence-electron chi connectivity index (χ0n) is 13.1. The number of nitrogens with zero attached hydrogens (tertiary/aromatic N) is 1. The summed E-state index contributed by atoms with van der Waals surface area (Å²) in [6.07, 6.45) is 1.92. The second-order valence-corrected chi connectivity index (χ2v) is 5.78. The van der Waals surface area contributed by atoms with E-state index in [-0.39, 0.29) is 0 Å². The summed E-state index contributed by atoms with van der Waals surface area (Å²) in [5.41, 5.74) is 3.39. The second kappa shape index (κ2) is 7.79. The first-order chi connectivity index (χ1) is 10.1. The van der Waals surface area contributed by atoms with Gasteiger partial charge in [0.1, 0.15) is 12.4 Å². The van der Waals surface area contributed by atoms with Gasteiger partial charge >= 0.3 is 0 Å². The summed E-state index contributed by atoms with van der Waals surface area (Å²) in [6, 6.07) is 12.2. The molecule has 1 N–H and O–H groups in total. The average molecular weight is 284 g/mol. The molecule has 2 rings (SSSR count). The Labute approximate surface area is 127 Å². The number of benzene rings is 1. The molecule has 0 spiro atoms. The Morgan fingerprint density at radius 3 is 2.48 bits per heavy atom. The quantitative estimate of drug-likeness (QED) is 0.841. The lowest BCUT2D eigenvalue weighted by atomic mass is 10.2. The Balaban J connectivity index is 1.80. The molecule has 0 aliphatic carbocycles. The number of rotatable bonds is 7. The number of aromatic nitrogens is 1. The van der Waals surface area contributed by atoms with Crippen LogP contribution in [-0.2, 0) is 13.2 Å². The van der Waals surface area contributed by atoms with E-state index in [2.05, 4.69) is 37.1 Å². The maximum Gasteiger partial charge on any atom is 0.130 e. The van der Waals surface area contributed by atoms with Crippen molar-refractivity contribution in [1.29, 1.82) is 0 Å². The number of hydrogen-bond donors (Lipinski definition) is 1. The summed E-state index contributed by atoms with van der Waals surface area (Å²) in [4.78, 5) is 4.44. The summed E-state index contributed by atoms with van der Waals surface area (Å²) >= 11 is 0. The van der Waals surface area contributed by atoms with Crippen molar-refractivity contribution >= 4 is 0 Å². The molecule has 1 aromatic carbocycles. The lowest BCUT2D eigenvalue weighted by Crippen LogP contribution is -2.19. The fraction of sp³-hybridized carbons (Fsp3) is 0.389. The zero-order chi connectivity index (χ0) is 15.1. The van der Waals surface area contributed by atoms with Crippen molar-refractivity contribution in [2.75, 3.05) is 6.54 Å². The number of ether oxygens (including phenoxy) is 1. The Kier molecular flexibility index (Phi) is 5.76. The van der Waals surface area contributed by atoms with Crippen molar-refractivity contribution in [2.24, 2.45) is 5.92 Å². The fourth-order valence-corrected chi connectivity index (χ4v) is 1.94. The van der Waals surface area contributed by atoms with Gasteiger partial charge in [0.05, 0.1) is 5.69 Å². The van der Waals surface area contributed by atoms with Crippen molar-refractivity contribution in [3.8, 4) is 5.75 Å². The van der Waals surface area contributed by atoms with Gasteiger partial charge < -0.3 is 10.1 Å². The minimum absolute atomic E-state index is 0.503. The Morgan fingerprint density at radius 2 is 1.86 bits per heavy atom. The van der Waals surface area contributed by atoms with Crippen molar-refractivity contribution in [1.82, 2.24) is 10.3 Å². The molecule has 3 nitrogen and oxygen atoms in total. The molecule has 1 aromatic heterocycles. The normalized spacial score (nSPS) is 10.9. The largest absolute Gasteiger partial charge is 0.487 e. The van der Waals surface area contributed by atoms with E-state index < -0.39 is 0 Å². The first-order valence-electron chi connectivity index (χ1n) is 7.47. The van der Waals surface area contributed by atoms with Crippen molar-refractivity contribution in [3.05, 3.63) is 59.4 Å². The van der Waals surface area contributed by atoms with Crippen LogP contribution >= 0.6 is 0 Å². The smallest absolute Gasteiger partial charge is 0.130 e. The Hall–Kier alpha value is -1.87. The van der Waals surface area contributed by atoms with Gasteiger partial charge in [0, 0.05) is 12.7 Å². The van der Waals surface area contributed by atoms with Gasteiger partial charge in [-0.1, -0.05) is 37.6 Å². The molecule has 0 aliphatic heterocycles. The first kappa shape index (κ1) is 15.5. The summed E-state index contributed by atoms with van der Waals surface area (Å²) < 4.78 is 5.72. The van der Waals surface area contributed by atoms with Crippen LogP contribution in [-0.4, -0.2) is 11.5 Å². The molecule has 0 unspecified atom stereocenters. The highest BCUT2D eigenvalue weighted by atomic mass is 16.5. The molecule has 1 heterocycles. The number of nitrogens with one attached hydrogen (secondary N) is 1. The van der Waals surface area contributed by atoms with E-state index in [1.807, 2.05) is 36.5 Å². The third kappa shape index (κ3) is 5.56. The average Bonchev–Trinajstić information content (AvgIpc) is 2.48. The van der Waals surface area contributed by atoms with E-state index in [4.69, 9.17) is 4.74 Å². The molecule has 0 bridgehead atoms. The van der Waals surface area contributed by atoms with Gasteiger partial charge in [0.15, 0.2) is 0 Å². The summed E-state index contributed by atoms with van der Waals surface area (Å²) in [5.74, 6) is 1.55. The van der Waals surface area contributed by atoms with Gasteiger partial charge in [0.25, 0.3) is 0 Å². The molecule has 2 aromatic rings. The number of hydrogen-bond acceptors (Lipinski definition) is 3. The Morgan fingerprint density at radius 1 is 1.10 bits per heavy atom. The van der Waals surface area contributed by atoms with Crippen LogP contribution in [0.3, 0.4) is 0 Å². The van der Waals surface area contributed by atoms with E-state index in [1.165, 1.54) is 11.1 Å². The molecule has 0 fully saturated rings. The van der Waals surface area contributed by atoms with Crippen LogP contribution in [0.2, 0.25) is 0 Å². The lowest BCUT2D eigenvalue weighted by molar-refractivity contribution is 0.301. The molecule has 0 amide bonds. The molecule has 0 saturated carbocycles. The van der Waals surface area contributed by atoms with Crippen molar-refractivity contribution in [3.63, 3.8) is 0 Å². The van der Waals surface area contributed by atoms with Crippen LogP contribution in [0.5, 0.6) is 5.75 Å². The SMILES string of the molecule is Cc1ccc(OCc2ccc(CNCC(C)C)cn2)cc1. The maximum atomic E-state index is 5.72. The molecule has 0 atom stereocenters. The van der Waals surface area contributed by atoms with Gasteiger partial charge in [-0.3, -0.25) is 4.98 Å². The molecule has 21 heavy (non-hydrogen) atoms. The fourth-order valence-electron chi connectivity index (χ4n) is 1.94. The summed E-state index contributed by atoms with van der Waals surface area (Å²) in [6.45, 7) is 8.87. The van der Waals surface area contributed by atoms with E-state index in [0.29, 0.717) is 12.5 Å². The molecule has 112 valence electrons. The van der Waals surface area contributed by atoms with Crippen LogP contribution in [0.25, 0.3) is 0 Å². The highest BCUT2D eigenvalue weighted by Gasteiger charge is 1.99. The molecule has 3 heteroatoms. The van der Waals surface area contributed by atoms with Gasteiger partial charge in [-0.25, -0.2) is 0 Å². The van der Waals surface area contributed by atoms with Crippen LogP contribution in [0, 0.1) is 12.8 Å². The molecule has 0 saturated heterocycles. The van der Waals surface area contributed by atoms with Gasteiger partial charge in [-0.15, -0.1) is 0 Å². The van der Waals surface area contributed by atoms with Crippen LogP contribution in [0.1, 0.15) is 30.7 Å². The minimum atomic E-state index is 0.503. The van der Waals surface area contributed by atoms with Crippen molar-refractivity contribution in [2.45, 2.75) is 33.9 Å². The van der Waals surface area contributed by atoms with E-state index >= 15 is 0 Å². The van der Waals surface area contributed by atoms with E-state index in [0.717, 1.165) is 24.5 Å². The highest BCUT2D eigenvalue weighted by molar-refractivity contribution is 5.26. The molecule has 0 radical (unpaired) electrons. The number of aryl methyl sites for hydroxylation is 1. The topological polar surface area (TPSA) is 34.1 Å². The van der Waals surface area contributed by atoms with Gasteiger partial charge in [-0.2, -0.15) is 0 Å². The standard InChI is InChI=1S/C18H24N2O/c1-14(2)10-19-11-16-6-7-17(20-12-16)13-21-18-8-4-15(3)5-9-18/h4-9,12,14,19H,10-11,13H2,1-3H3. The molecular formula is C18H24N2O. The predicted octanol–water partition coefficient (Wildman–Crippen LogP) is 3.71. The highest BCUT2D eigenvalue weighted by Crippen LogP contribution is 2.13. The summed E-state index contributed by atoms with van der Waals surface area (Å²) in [5, 5.41) is 3.41. The molecule has 0 aliphatic rings. The van der Waals surface area contributed by atoms with Gasteiger partial charge in [0.2, 0.25) is 0 Å². The maximum absolute atomic E-state index is 5.72. The van der Waals surface area contributed by atoms with Crippen LogP contribution in [0.4, 0.5) is 0 Å². The third-order valence-electron chi connectivity index (χ3n) is 3.18. The zero-order valence-corrected chi connectivity index (χ0v) is 13.1. The predicted molar refractivity (Wildman–Crippen MR) is 86.3 cm³/mol.